The van der Waals surface area contributed by atoms with Crippen molar-refractivity contribution in [2.45, 2.75) is 15.2 Å². The minimum absolute atomic E-state index is 0.569. The molecule has 0 unspecified atom stereocenters. The summed E-state index contributed by atoms with van der Waals surface area (Å²) in [5, 5.41) is 5.69. The molecule has 0 saturated heterocycles. The maximum Gasteiger partial charge on any atom is 0.180 e. The van der Waals surface area contributed by atoms with Gasteiger partial charge in [0.15, 0.2) is 8.07 Å². The van der Waals surface area contributed by atoms with E-state index >= 15 is 0 Å². The van der Waals surface area contributed by atoms with Gasteiger partial charge in [-0.25, -0.2) is 0 Å². The number of para-hydroxylation sites is 1. The van der Waals surface area contributed by atoms with Crippen LogP contribution < -0.4 is 25.6 Å². The maximum atomic E-state index is 2.50. The van der Waals surface area contributed by atoms with Crippen molar-refractivity contribution in [3.8, 4) is 11.1 Å². The van der Waals surface area contributed by atoms with Crippen LogP contribution in [0.4, 0.5) is 17.1 Å². The molecule has 0 aromatic heterocycles. The predicted octanol–water partition coefficient (Wildman–Crippen LogP) is 11.4. The van der Waals surface area contributed by atoms with Crippen LogP contribution in [-0.4, -0.2) is 8.07 Å². The minimum atomic E-state index is -2.82. The largest absolute Gasteiger partial charge is 0.310 e. The predicted molar refractivity (Wildman–Crippen MR) is 246 cm³/mol. The molecule has 9 aromatic carbocycles. The fourth-order valence-corrected chi connectivity index (χ4v) is 16.4. The summed E-state index contributed by atoms with van der Waals surface area (Å²) in [5.41, 5.74) is 10.6. The fraction of sp³-hybridized carbons (Fsp3) is 0.0182. The average Bonchev–Trinajstić information content (AvgIpc) is 3.31. The van der Waals surface area contributed by atoms with E-state index in [2.05, 4.69) is 241 Å². The molecule has 11 rings (SSSR count). The molecule has 0 aliphatic carbocycles. The minimum Gasteiger partial charge on any atom is -0.310 e. The first-order chi connectivity index (χ1) is 28.8. The fourth-order valence-electron chi connectivity index (χ4n) is 9.94. The summed E-state index contributed by atoms with van der Waals surface area (Å²) in [7, 11) is -2.82. The Morgan fingerprint density at radius 1 is 0.328 bits per heavy atom. The van der Waals surface area contributed by atoms with Gasteiger partial charge in [0, 0.05) is 26.9 Å². The number of fused-ring (bicyclic) bond motifs is 8. The molecule has 58 heavy (non-hydrogen) atoms. The Labute approximate surface area is 346 Å². The van der Waals surface area contributed by atoms with Gasteiger partial charge in [-0.15, -0.1) is 0 Å². The number of rotatable bonds is 6. The van der Waals surface area contributed by atoms with Crippen LogP contribution in [-0.2, 0) is 5.41 Å². The third-order valence-electron chi connectivity index (χ3n) is 12.3. The Morgan fingerprint density at radius 2 is 0.759 bits per heavy atom. The third kappa shape index (κ3) is 5.17. The van der Waals surface area contributed by atoms with E-state index in [4.69, 9.17) is 0 Å². The number of hydrogen-bond acceptors (Lipinski definition) is 2. The lowest BCUT2D eigenvalue weighted by Crippen LogP contribution is -2.79. The molecule has 0 atom stereocenters. The van der Waals surface area contributed by atoms with Crippen LogP contribution in [0.3, 0.4) is 0 Å². The van der Waals surface area contributed by atoms with Crippen LogP contribution >= 0.6 is 11.8 Å². The zero-order valence-electron chi connectivity index (χ0n) is 31.9. The van der Waals surface area contributed by atoms with Crippen molar-refractivity contribution < 1.29 is 0 Å². The molecule has 0 amide bonds. The van der Waals surface area contributed by atoms with Crippen LogP contribution in [0, 0.1) is 0 Å². The normalized spacial score (nSPS) is 14.1. The molecular formula is C55H39NSSi. The van der Waals surface area contributed by atoms with E-state index in [0.717, 1.165) is 17.1 Å². The number of benzene rings is 9. The Kier molecular flexibility index (Phi) is 8.39. The van der Waals surface area contributed by atoms with E-state index in [1.807, 2.05) is 11.8 Å². The average molecular weight is 774 g/mol. The lowest BCUT2D eigenvalue weighted by Gasteiger charge is -2.51. The van der Waals surface area contributed by atoms with Gasteiger partial charge in [0.2, 0.25) is 0 Å². The van der Waals surface area contributed by atoms with E-state index in [9.17, 15) is 0 Å². The van der Waals surface area contributed by atoms with Crippen LogP contribution in [0.2, 0.25) is 0 Å². The zero-order valence-corrected chi connectivity index (χ0v) is 33.7. The van der Waals surface area contributed by atoms with Gasteiger partial charge in [-0.1, -0.05) is 200 Å². The molecule has 1 spiro atoms. The molecule has 274 valence electrons. The van der Waals surface area contributed by atoms with Gasteiger partial charge in [-0.3, -0.25) is 0 Å². The molecule has 9 aromatic rings. The molecule has 3 heteroatoms. The first kappa shape index (κ1) is 34.6. The zero-order chi connectivity index (χ0) is 38.5. The first-order valence-corrected chi connectivity index (χ1v) is 22.8. The quantitative estimate of drug-likeness (QED) is 0.155. The van der Waals surface area contributed by atoms with E-state index in [0.29, 0.717) is 0 Å². The van der Waals surface area contributed by atoms with Crippen molar-refractivity contribution in [2.75, 3.05) is 4.90 Å². The van der Waals surface area contributed by atoms with Crippen molar-refractivity contribution >= 4 is 57.6 Å². The van der Waals surface area contributed by atoms with Crippen molar-refractivity contribution in [1.29, 1.82) is 0 Å². The van der Waals surface area contributed by atoms with Crippen LogP contribution in [0.1, 0.15) is 22.3 Å². The molecule has 0 radical (unpaired) electrons. The monoisotopic (exact) mass is 773 g/mol. The van der Waals surface area contributed by atoms with Gasteiger partial charge in [-0.05, 0) is 103 Å². The second-order valence-corrected chi connectivity index (χ2v) is 20.0. The molecule has 0 bridgehead atoms. The first-order valence-electron chi connectivity index (χ1n) is 20.0. The SMILES string of the molecule is c1ccc(-c2ccc(N(c3ccccc3)c3ccc4c(c3)C3(c5ccccc5S4)c4ccccc4[Si](c4ccccc4)(c4ccccc4)c4ccccc43)cc2)cc1. The van der Waals surface area contributed by atoms with Gasteiger partial charge in [0.05, 0.1) is 5.41 Å². The summed E-state index contributed by atoms with van der Waals surface area (Å²) in [6.07, 6.45) is 0. The van der Waals surface area contributed by atoms with E-state index in [-0.39, 0.29) is 0 Å². The molecule has 2 heterocycles. The van der Waals surface area contributed by atoms with E-state index in [1.54, 1.807) is 0 Å². The standard InChI is InChI=1S/C55H39NSSi/c1-5-19-40(20-6-1)41-33-35-43(36-34-41)56(42-21-7-2-8-22-42)44-37-38-52-50(39-44)55(47-27-13-16-30-51(47)57-52)48-28-14-17-31-53(48)58(45-23-9-3-10-24-45,46-25-11-4-12-26-46)54-32-18-15-29-49(54)55/h1-39H. The molecule has 0 saturated carbocycles. The molecule has 0 N–H and O–H groups in total. The topological polar surface area (TPSA) is 3.24 Å². The van der Waals surface area contributed by atoms with Gasteiger partial charge in [-0.2, -0.15) is 0 Å². The number of hydrogen-bond donors (Lipinski definition) is 0. The van der Waals surface area contributed by atoms with Crippen molar-refractivity contribution in [2.24, 2.45) is 0 Å². The molecule has 2 aliphatic heterocycles. The summed E-state index contributed by atoms with van der Waals surface area (Å²) in [6, 6.07) is 88.4. The van der Waals surface area contributed by atoms with Gasteiger partial charge in [0.25, 0.3) is 0 Å². The van der Waals surface area contributed by atoms with Crippen LogP contribution in [0.5, 0.6) is 0 Å². The van der Waals surface area contributed by atoms with Crippen molar-refractivity contribution in [1.82, 2.24) is 0 Å². The van der Waals surface area contributed by atoms with Crippen LogP contribution in [0.15, 0.2) is 246 Å². The van der Waals surface area contributed by atoms with Crippen LogP contribution in [0.25, 0.3) is 11.1 Å². The summed E-state index contributed by atoms with van der Waals surface area (Å²) in [5.74, 6) is 0. The van der Waals surface area contributed by atoms with E-state index in [1.165, 1.54) is 63.9 Å². The lowest BCUT2D eigenvalue weighted by molar-refractivity contribution is 0.707. The summed E-state index contributed by atoms with van der Waals surface area (Å²) < 4.78 is 0. The summed E-state index contributed by atoms with van der Waals surface area (Å²) in [6.45, 7) is 0. The smallest absolute Gasteiger partial charge is 0.180 e. The highest BCUT2D eigenvalue weighted by Crippen LogP contribution is 2.57. The Morgan fingerprint density at radius 3 is 1.36 bits per heavy atom. The Balaban J connectivity index is 1.21. The van der Waals surface area contributed by atoms with Gasteiger partial charge < -0.3 is 4.90 Å². The molecule has 0 fully saturated rings. The second kappa shape index (κ2) is 14.1. The Bertz CT molecular complexity index is 2820. The van der Waals surface area contributed by atoms with Crippen molar-refractivity contribution in [3.63, 3.8) is 0 Å². The second-order valence-electron chi connectivity index (χ2n) is 15.2. The highest BCUT2D eigenvalue weighted by Gasteiger charge is 2.57. The molecular weight excluding hydrogens is 735 g/mol. The Hall–Kier alpha value is -6.65. The number of anilines is 3. The summed E-state index contributed by atoms with van der Waals surface area (Å²) in [4.78, 5) is 5.01. The number of nitrogens with zero attached hydrogens (tertiary/aromatic N) is 1. The third-order valence-corrected chi connectivity index (χ3v) is 18.3. The highest BCUT2D eigenvalue weighted by molar-refractivity contribution is 7.99. The van der Waals surface area contributed by atoms with Gasteiger partial charge in [0.1, 0.15) is 0 Å². The molecule has 1 nitrogen and oxygen atoms in total. The lowest BCUT2D eigenvalue weighted by atomic mass is 9.64. The van der Waals surface area contributed by atoms with Gasteiger partial charge >= 0.3 is 0 Å². The van der Waals surface area contributed by atoms with Crippen molar-refractivity contribution in [3.05, 3.63) is 259 Å². The molecule has 2 aliphatic rings. The summed E-state index contributed by atoms with van der Waals surface area (Å²) >= 11 is 1.90. The van der Waals surface area contributed by atoms with E-state index < -0.39 is 13.5 Å². The highest BCUT2D eigenvalue weighted by atomic mass is 32.2. The maximum absolute atomic E-state index is 2.82.